The molecule has 0 radical (unpaired) electrons. The SMILES string of the molecule is CN1CCc2c(nc(Nc3ccc4[nH]ncc4c3)nc2NCCc2c[nH]c3ccccc23)C1. The maximum atomic E-state index is 4.87. The van der Waals surface area contributed by atoms with Gasteiger partial charge in [0.15, 0.2) is 0 Å². The van der Waals surface area contributed by atoms with Gasteiger partial charge in [-0.05, 0) is 49.7 Å². The van der Waals surface area contributed by atoms with Gasteiger partial charge in [-0.2, -0.15) is 10.1 Å². The van der Waals surface area contributed by atoms with Gasteiger partial charge >= 0.3 is 0 Å². The summed E-state index contributed by atoms with van der Waals surface area (Å²) in [6, 6.07) is 14.5. The first-order valence-corrected chi connectivity index (χ1v) is 11.3. The van der Waals surface area contributed by atoms with E-state index in [0.717, 1.165) is 60.6 Å². The summed E-state index contributed by atoms with van der Waals surface area (Å²) in [5, 5.41) is 16.4. The summed E-state index contributed by atoms with van der Waals surface area (Å²) in [6.45, 7) is 2.64. The molecule has 1 aliphatic heterocycles. The molecule has 0 saturated carbocycles. The Labute approximate surface area is 191 Å². The molecule has 0 saturated heterocycles. The number of aromatic nitrogens is 5. The number of rotatable bonds is 6. The van der Waals surface area contributed by atoms with E-state index >= 15 is 0 Å². The molecule has 8 nitrogen and oxygen atoms in total. The smallest absolute Gasteiger partial charge is 0.229 e. The number of benzene rings is 2. The first kappa shape index (κ1) is 19.8. The lowest BCUT2D eigenvalue weighted by Crippen LogP contribution is -2.29. The second kappa shape index (κ2) is 8.22. The maximum absolute atomic E-state index is 4.87. The van der Waals surface area contributed by atoms with Gasteiger partial charge in [-0.25, -0.2) is 4.98 Å². The van der Waals surface area contributed by atoms with E-state index in [1.807, 2.05) is 18.3 Å². The van der Waals surface area contributed by atoms with Crippen LogP contribution < -0.4 is 10.6 Å². The molecular weight excluding hydrogens is 412 g/mol. The average molecular weight is 439 g/mol. The summed E-state index contributed by atoms with van der Waals surface area (Å²) in [5.41, 5.74) is 6.75. The highest BCUT2D eigenvalue weighted by Gasteiger charge is 2.20. The van der Waals surface area contributed by atoms with Crippen molar-refractivity contribution in [1.82, 2.24) is 30.0 Å². The van der Waals surface area contributed by atoms with Gasteiger partial charge in [-0.1, -0.05) is 18.2 Å². The number of hydrogen-bond acceptors (Lipinski definition) is 6. The number of nitrogens with zero attached hydrogens (tertiary/aromatic N) is 4. The second-order valence-corrected chi connectivity index (χ2v) is 8.64. The van der Waals surface area contributed by atoms with Crippen LogP contribution in [0.5, 0.6) is 0 Å². The predicted octanol–water partition coefficient (Wildman–Crippen LogP) is 4.22. The molecular formula is C25H26N8. The molecule has 2 aromatic carbocycles. The van der Waals surface area contributed by atoms with Crippen molar-refractivity contribution in [2.75, 3.05) is 30.8 Å². The van der Waals surface area contributed by atoms with Crippen molar-refractivity contribution in [3.8, 4) is 0 Å². The molecule has 0 unspecified atom stereocenters. The zero-order valence-electron chi connectivity index (χ0n) is 18.5. The molecule has 0 amide bonds. The zero-order chi connectivity index (χ0) is 22.2. The van der Waals surface area contributed by atoms with Gasteiger partial charge in [0.05, 0.1) is 17.4 Å². The summed E-state index contributed by atoms with van der Waals surface area (Å²) in [5.74, 6) is 1.54. The fraction of sp³-hybridized carbons (Fsp3) is 0.240. The lowest BCUT2D eigenvalue weighted by Gasteiger charge is -2.26. The largest absolute Gasteiger partial charge is 0.369 e. The third-order valence-electron chi connectivity index (χ3n) is 6.31. The third kappa shape index (κ3) is 3.89. The molecule has 0 atom stereocenters. The van der Waals surface area contributed by atoms with Crippen LogP contribution in [0.1, 0.15) is 16.8 Å². The van der Waals surface area contributed by atoms with E-state index in [1.165, 1.54) is 22.0 Å². The molecule has 8 heteroatoms. The molecule has 5 aromatic rings. The number of para-hydroxylation sites is 1. The average Bonchev–Trinajstić information content (AvgIpc) is 3.45. The monoisotopic (exact) mass is 438 g/mol. The van der Waals surface area contributed by atoms with E-state index in [9.17, 15) is 0 Å². The number of hydrogen-bond donors (Lipinski definition) is 4. The van der Waals surface area contributed by atoms with E-state index in [0.29, 0.717) is 5.95 Å². The maximum Gasteiger partial charge on any atom is 0.229 e. The van der Waals surface area contributed by atoms with Crippen molar-refractivity contribution in [2.24, 2.45) is 0 Å². The second-order valence-electron chi connectivity index (χ2n) is 8.64. The van der Waals surface area contributed by atoms with Crippen LogP contribution in [-0.2, 0) is 19.4 Å². The Bertz CT molecular complexity index is 1430. The highest BCUT2D eigenvalue weighted by atomic mass is 15.2. The number of H-pyrrole nitrogens is 2. The van der Waals surface area contributed by atoms with E-state index in [4.69, 9.17) is 9.97 Å². The zero-order valence-corrected chi connectivity index (χ0v) is 18.5. The molecule has 33 heavy (non-hydrogen) atoms. The molecule has 166 valence electrons. The molecule has 0 spiro atoms. The Hall–Kier alpha value is -3.91. The summed E-state index contributed by atoms with van der Waals surface area (Å²) in [6.07, 6.45) is 5.79. The lowest BCUT2D eigenvalue weighted by atomic mass is 10.1. The van der Waals surface area contributed by atoms with Gasteiger partial charge in [0.25, 0.3) is 0 Å². The van der Waals surface area contributed by atoms with E-state index in [2.05, 4.69) is 74.3 Å². The van der Waals surface area contributed by atoms with Gasteiger partial charge in [-0.15, -0.1) is 0 Å². The topological polar surface area (TPSA) is 97.6 Å². The van der Waals surface area contributed by atoms with Crippen LogP contribution in [0.2, 0.25) is 0 Å². The first-order chi connectivity index (χ1) is 16.2. The predicted molar refractivity (Wildman–Crippen MR) is 132 cm³/mol. The fourth-order valence-electron chi connectivity index (χ4n) is 4.57. The third-order valence-corrected chi connectivity index (χ3v) is 6.31. The molecule has 0 fully saturated rings. The van der Waals surface area contributed by atoms with Crippen LogP contribution >= 0.6 is 0 Å². The van der Waals surface area contributed by atoms with E-state index in [1.54, 1.807) is 0 Å². The van der Waals surface area contributed by atoms with Crippen molar-refractivity contribution >= 4 is 39.3 Å². The summed E-state index contributed by atoms with van der Waals surface area (Å²) < 4.78 is 0. The van der Waals surface area contributed by atoms with E-state index < -0.39 is 0 Å². The van der Waals surface area contributed by atoms with Crippen LogP contribution in [0.3, 0.4) is 0 Å². The molecule has 1 aliphatic rings. The van der Waals surface area contributed by atoms with Crippen LogP contribution in [0, 0.1) is 0 Å². The van der Waals surface area contributed by atoms with Crippen LogP contribution in [-0.4, -0.2) is 50.2 Å². The Morgan fingerprint density at radius 1 is 1.09 bits per heavy atom. The van der Waals surface area contributed by atoms with E-state index in [-0.39, 0.29) is 0 Å². The van der Waals surface area contributed by atoms with Crippen molar-refractivity contribution in [1.29, 1.82) is 0 Å². The number of nitrogens with one attached hydrogen (secondary N) is 4. The van der Waals surface area contributed by atoms with Gasteiger partial charge in [0, 0.05) is 53.4 Å². The Kier molecular flexibility index (Phi) is 4.92. The van der Waals surface area contributed by atoms with Crippen molar-refractivity contribution in [3.05, 3.63) is 71.7 Å². The highest BCUT2D eigenvalue weighted by Crippen LogP contribution is 2.27. The molecule has 3 aromatic heterocycles. The van der Waals surface area contributed by atoms with Crippen molar-refractivity contribution in [2.45, 2.75) is 19.4 Å². The Balaban J connectivity index is 1.25. The number of aromatic amines is 2. The summed E-state index contributed by atoms with van der Waals surface area (Å²) in [7, 11) is 2.13. The van der Waals surface area contributed by atoms with Gasteiger partial charge < -0.3 is 20.5 Å². The minimum Gasteiger partial charge on any atom is -0.369 e. The first-order valence-electron chi connectivity index (χ1n) is 11.3. The van der Waals surface area contributed by atoms with Crippen molar-refractivity contribution in [3.63, 3.8) is 0 Å². The summed E-state index contributed by atoms with van der Waals surface area (Å²) >= 11 is 0. The van der Waals surface area contributed by atoms with Crippen LogP contribution in [0.4, 0.5) is 17.5 Å². The molecule has 0 bridgehead atoms. The number of likely N-dealkylation sites (N-methyl/N-ethyl adjacent to an activating group) is 1. The minimum absolute atomic E-state index is 0.612. The fourth-order valence-corrected chi connectivity index (χ4v) is 4.57. The summed E-state index contributed by atoms with van der Waals surface area (Å²) in [4.78, 5) is 15.4. The Morgan fingerprint density at radius 3 is 3.00 bits per heavy atom. The standard InChI is InChI=1S/C25H26N8/c1-33-11-9-20-23(15-33)30-25(29-18-6-7-21-17(12-18)14-28-32-21)31-24(20)26-10-8-16-13-27-22-5-3-2-4-19(16)22/h2-7,12-14,27H,8-11,15H2,1H3,(H,28,32)(H2,26,29,30,31). The molecule has 4 N–H and O–H groups in total. The van der Waals surface area contributed by atoms with Crippen molar-refractivity contribution < 1.29 is 0 Å². The Morgan fingerprint density at radius 2 is 2.03 bits per heavy atom. The molecule has 6 rings (SSSR count). The van der Waals surface area contributed by atoms with Gasteiger partial charge in [0.1, 0.15) is 5.82 Å². The quantitative estimate of drug-likeness (QED) is 0.317. The van der Waals surface area contributed by atoms with Gasteiger partial charge in [0.2, 0.25) is 5.95 Å². The van der Waals surface area contributed by atoms with Crippen LogP contribution in [0.25, 0.3) is 21.8 Å². The lowest BCUT2D eigenvalue weighted by molar-refractivity contribution is 0.307. The number of fused-ring (bicyclic) bond motifs is 3. The molecule has 4 heterocycles. The highest BCUT2D eigenvalue weighted by molar-refractivity contribution is 5.83. The minimum atomic E-state index is 0.612. The van der Waals surface area contributed by atoms with Crippen LogP contribution in [0.15, 0.2) is 54.9 Å². The molecule has 0 aliphatic carbocycles. The normalized spacial score (nSPS) is 14.0. The van der Waals surface area contributed by atoms with Gasteiger partial charge in [-0.3, -0.25) is 5.10 Å². The number of anilines is 3.